The van der Waals surface area contributed by atoms with Gasteiger partial charge in [0.1, 0.15) is 11.6 Å². The first kappa shape index (κ1) is 16.5. The van der Waals surface area contributed by atoms with E-state index in [0.29, 0.717) is 11.6 Å². The summed E-state index contributed by atoms with van der Waals surface area (Å²) in [6, 6.07) is 7.54. The van der Waals surface area contributed by atoms with Crippen LogP contribution in [0, 0.1) is 0 Å². The van der Waals surface area contributed by atoms with Crippen LogP contribution in [0.2, 0.25) is 10.0 Å². The van der Waals surface area contributed by atoms with Gasteiger partial charge in [0.25, 0.3) is 5.56 Å². The molecule has 0 unspecified atom stereocenters. The molecule has 0 saturated carbocycles. The fourth-order valence-corrected chi connectivity index (χ4v) is 2.14. The molecule has 1 N–H and O–H groups in total. The first-order chi connectivity index (χ1) is 10.4. The van der Waals surface area contributed by atoms with Gasteiger partial charge < -0.3 is 5.32 Å². The van der Waals surface area contributed by atoms with Crippen LogP contribution in [0.25, 0.3) is 0 Å². The van der Waals surface area contributed by atoms with Gasteiger partial charge in [-0.1, -0.05) is 49.2 Å². The molecule has 1 aromatic heterocycles. The molecule has 2 aromatic rings. The Balaban J connectivity index is 2.12. The fraction of sp³-hybridized carbons (Fsp3) is 0.267. The highest BCUT2D eigenvalue weighted by atomic mass is 35.5. The molecule has 1 amide bonds. The smallest absolute Gasteiger partial charge is 0.287 e. The maximum absolute atomic E-state index is 12.0. The highest BCUT2D eigenvalue weighted by Crippen LogP contribution is 2.18. The summed E-state index contributed by atoms with van der Waals surface area (Å²) in [7, 11) is 0. The molecule has 0 aliphatic heterocycles. The average molecular weight is 340 g/mol. The van der Waals surface area contributed by atoms with E-state index in [9.17, 15) is 9.59 Å². The Labute approximate surface area is 137 Å². The summed E-state index contributed by atoms with van der Waals surface area (Å²) in [5.74, 6) is -0.00916. The number of halogens is 2. The Morgan fingerprint density at radius 2 is 2.09 bits per heavy atom. The van der Waals surface area contributed by atoms with Crippen molar-refractivity contribution in [1.82, 2.24) is 9.78 Å². The summed E-state index contributed by atoms with van der Waals surface area (Å²) in [6.07, 6.45) is 1.23. The number of carbonyl (C=O) groups excluding carboxylic acids is 1. The van der Waals surface area contributed by atoms with Crippen LogP contribution in [0.3, 0.4) is 0 Å². The Morgan fingerprint density at radius 1 is 1.36 bits per heavy atom. The lowest BCUT2D eigenvalue weighted by Gasteiger charge is -2.10. The fourth-order valence-electron chi connectivity index (χ4n) is 1.87. The van der Waals surface area contributed by atoms with Gasteiger partial charge in [0, 0.05) is 5.69 Å². The second kappa shape index (κ2) is 6.94. The van der Waals surface area contributed by atoms with Gasteiger partial charge in [0.2, 0.25) is 5.91 Å². The Hall–Kier alpha value is -1.85. The number of benzene rings is 1. The van der Waals surface area contributed by atoms with Gasteiger partial charge >= 0.3 is 0 Å². The summed E-state index contributed by atoms with van der Waals surface area (Å²) in [6.45, 7) is 3.90. The lowest BCUT2D eigenvalue weighted by Crippen LogP contribution is -2.29. The predicted molar refractivity (Wildman–Crippen MR) is 87.7 cm³/mol. The van der Waals surface area contributed by atoms with Gasteiger partial charge in [-0.05, 0) is 23.6 Å². The van der Waals surface area contributed by atoms with Crippen molar-refractivity contribution in [2.75, 3.05) is 5.32 Å². The number of anilines is 1. The van der Waals surface area contributed by atoms with Crippen molar-refractivity contribution in [2.45, 2.75) is 26.3 Å². The van der Waals surface area contributed by atoms with E-state index in [1.54, 1.807) is 6.07 Å². The van der Waals surface area contributed by atoms with Crippen LogP contribution >= 0.6 is 23.2 Å². The first-order valence-corrected chi connectivity index (χ1v) is 7.45. The largest absolute Gasteiger partial charge is 0.324 e. The zero-order chi connectivity index (χ0) is 16.3. The summed E-state index contributed by atoms with van der Waals surface area (Å²) in [4.78, 5) is 23.8. The molecule has 0 atom stereocenters. The van der Waals surface area contributed by atoms with E-state index in [2.05, 4.69) is 24.3 Å². The maximum Gasteiger partial charge on any atom is 0.287 e. The summed E-state index contributed by atoms with van der Waals surface area (Å²) >= 11 is 11.4. The topological polar surface area (TPSA) is 64.0 Å². The highest BCUT2D eigenvalue weighted by Gasteiger charge is 2.11. The van der Waals surface area contributed by atoms with E-state index in [0.717, 1.165) is 10.2 Å². The second-order valence-electron chi connectivity index (χ2n) is 5.10. The molecule has 1 aromatic carbocycles. The van der Waals surface area contributed by atoms with Crippen molar-refractivity contribution in [3.63, 3.8) is 0 Å². The van der Waals surface area contributed by atoms with Crippen molar-refractivity contribution < 1.29 is 4.79 Å². The van der Waals surface area contributed by atoms with Crippen molar-refractivity contribution in [1.29, 1.82) is 0 Å². The van der Waals surface area contributed by atoms with E-state index in [1.807, 2.05) is 18.2 Å². The van der Waals surface area contributed by atoms with Gasteiger partial charge in [-0.25, -0.2) is 4.68 Å². The number of hydrogen-bond donors (Lipinski definition) is 1. The van der Waals surface area contributed by atoms with Crippen molar-refractivity contribution >= 4 is 34.8 Å². The van der Waals surface area contributed by atoms with E-state index in [1.165, 1.54) is 6.20 Å². The average Bonchev–Trinajstić information content (AvgIpc) is 2.48. The molecule has 0 radical (unpaired) electrons. The van der Waals surface area contributed by atoms with Gasteiger partial charge in [-0.15, -0.1) is 0 Å². The van der Waals surface area contributed by atoms with Crippen LogP contribution in [0.5, 0.6) is 0 Å². The van der Waals surface area contributed by atoms with Crippen LogP contribution < -0.4 is 10.9 Å². The zero-order valence-corrected chi connectivity index (χ0v) is 13.6. The van der Waals surface area contributed by atoms with Gasteiger partial charge in [-0.2, -0.15) is 5.10 Å². The molecule has 0 aliphatic carbocycles. The van der Waals surface area contributed by atoms with Gasteiger partial charge in [0.05, 0.1) is 11.2 Å². The molecular weight excluding hydrogens is 325 g/mol. The van der Waals surface area contributed by atoms with E-state index in [4.69, 9.17) is 23.2 Å². The van der Waals surface area contributed by atoms with Crippen molar-refractivity contribution in [2.24, 2.45) is 0 Å². The van der Waals surface area contributed by atoms with E-state index >= 15 is 0 Å². The lowest BCUT2D eigenvalue weighted by atomic mass is 10.0. The molecule has 116 valence electrons. The van der Waals surface area contributed by atoms with Gasteiger partial charge in [0.15, 0.2) is 0 Å². The van der Waals surface area contributed by atoms with Crippen molar-refractivity contribution in [3.05, 3.63) is 56.4 Å². The molecule has 1 heterocycles. The Bertz CT molecular complexity index is 757. The molecule has 0 saturated heterocycles. The minimum atomic E-state index is -0.597. The first-order valence-electron chi connectivity index (χ1n) is 6.69. The SMILES string of the molecule is CC(C)c1cccc(NC(=O)Cn2ncc(Cl)c(Cl)c2=O)c1. The standard InChI is InChI=1S/C15H15Cl2N3O2/c1-9(2)10-4-3-5-11(6-10)19-13(21)8-20-15(22)14(17)12(16)7-18-20/h3-7,9H,8H2,1-2H3,(H,19,21). The normalized spacial score (nSPS) is 10.8. The van der Waals surface area contributed by atoms with Crippen LogP contribution in [-0.2, 0) is 11.3 Å². The third kappa shape index (κ3) is 3.87. The number of hydrogen-bond acceptors (Lipinski definition) is 3. The molecule has 0 spiro atoms. The third-order valence-corrected chi connectivity index (χ3v) is 3.82. The predicted octanol–water partition coefficient (Wildman–Crippen LogP) is 3.31. The van der Waals surface area contributed by atoms with Crippen LogP contribution in [0.15, 0.2) is 35.3 Å². The van der Waals surface area contributed by atoms with E-state index in [-0.39, 0.29) is 22.5 Å². The Kier molecular flexibility index (Phi) is 5.21. The summed E-state index contributed by atoms with van der Waals surface area (Å²) < 4.78 is 0.968. The molecule has 2 rings (SSSR count). The number of carbonyl (C=O) groups is 1. The van der Waals surface area contributed by atoms with Crippen LogP contribution in [0.4, 0.5) is 5.69 Å². The van der Waals surface area contributed by atoms with E-state index < -0.39 is 5.56 Å². The maximum atomic E-state index is 12.0. The molecule has 0 fully saturated rings. The number of aromatic nitrogens is 2. The zero-order valence-electron chi connectivity index (χ0n) is 12.1. The minimum Gasteiger partial charge on any atom is -0.324 e. The second-order valence-corrected chi connectivity index (χ2v) is 5.88. The molecular formula is C15H15Cl2N3O2. The molecule has 0 bridgehead atoms. The lowest BCUT2D eigenvalue weighted by molar-refractivity contribution is -0.117. The molecule has 0 aliphatic rings. The molecule has 5 nitrogen and oxygen atoms in total. The highest BCUT2D eigenvalue weighted by molar-refractivity contribution is 6.41. The quantitative estimate of drug-likeness (QED) is 0.929. The number of nitrogens with one attached hydrogen (secondary N) is 1. The van der Waals surface area contributed by atoms with Gasteiger partial charge in [-0.3, -0.25) is 9.59 Å². The number of rotatable bonds is 4. The Morgan fingerprint density at radius 3 is 2.77 bits per heavy atom. The van der Waals surface area contributed by atoms with Crippen molar-refractivity contribution in [3.8, 4) is 0 Å². The number of amides is 1. The summed E-state index contributed by atoms with van der Waals surface area (Å²) in [5, 5.41) is 6.44. The monoisotopic (exact) mass is 339 g/mol. The molecule has 7 heteroatoms. The number of nitrogens with zero attached hydrogens (tertiary/aromatic N) is 2. The molecule has 22 heavy (non-hydrogen) atoms. The summed E-state index contributed by atoms with van der Waals surface area (Å²) in [5.41, 5.74) is 1.19. The third-order valence-electron chi connectivity index (χ3n) is 3.07. The van der Waals surface area contributed by atoms with Crippen LogP contribution in [-0.4, -0.2) is 15.7 Å². The van der Waals surface area contributed by atoms with Crippen LogP contribution in [0.1, 0.15) is 25.3 Å². The minimum absolute atomic E-state index is 0.0629.